The van der Waals surface area contributed by atoms with Gasteiger partial charge >= 0.3 is 0 Å². The number of anilines is 2. The number of benzene rings is 2. The molecule has 1 aliphatic rings. The van der Waals surface area contributed by atoms with Crippen LogP contribution in [-0.2, 0) is 6.42 Å². The maximum atomic E-state index is 6.56. The monoisotopic (exact) mass is 431 g/mol. The molecule has 152 valence electrons. The van der Waals surface area contributed by atoms with Crippen molar-refractivity contribution in [2.45, 2.75) is 25.4 Å². The van der Waals surface area contributed by atoms with Crippen LogP contribution in [0.1, 0.15) is 18.4 Å². The molecular weight excluding hydrogens is 409 g/mol. The number of rotatable bonds is 5. The van der Waals surface area contributed by atoms with Gasteiger partial charge in [-0.2, -0.15) is 4.98 Å². The molecule has 1 aliphatic heterocycles. The molecule has 3 aromatic rings. The molecule has 29 heavy (non-hydrogen) atoms. The lowest BCUT2D eigenvalue weighted by molar-refractivity contribution is 0.113. The number of piperidine rings is 1. The van der Waals surface area contributed by atoms with E-state index in [-0.39, 0.29) is 12.1 Å². The number of halogens is 2. The first-order valence-corrected chi connectivity index (χ1v) is 10.4. The van der Waals surface area contributed by atoms with Crippen LogP contribution >= 0.6 is 23.2 Å². The van der Waals surface area contributed by atoms with Crippen molar-refractivity contribution in [2.24, 2.45) is 5.92 Å². The summed E-state index contributed by atoms with van der Waals surface area (Å²) in [5, 5.41) is 5.37. The second kappa shape index (κ2) is 8.61. The average Bonchev–Trinajstić information content (AvgIpc) is 2.70. The molecule has 4 rings (SSSR count). The zero-order chi connectivity index (χ0) is 20.4. The molecule has 0 spiro atoms. The number of nitrogens with one attached hydrogen (secondary N) is 1. The van der Waals surface area contributed by atoms with E-state index in [0.29, 0.717) is 44.9 Å². The van der Waals surface area contributed by atoms with Crippen molar-refractivity contribution in [3.8, 4) is 5.75 Å². The van der Waals surface area contributed by atoms with Crippen LogP contribution in [0.2, 0.25) is 10.0 Å². The molecule has 1 unspecified atom stereocenters. The molecule has 0 saturated carbocycles. The Bertz CT molecular complexity index is 1000. The van der Waals surface area contributed by atoms with Gasteiger partial charge in [-0.15, -0.1) is 0 Å². The molecule has 1 atom stereocenters. The van der Waals surface area contributed by atoms with Crippen molar-refractivity contribution in [1.82, 2.24) is 15.3 Å². The summed E-state index contributed by atoms with van der Waals surface area (Å²) in [6.45, 7) is 1.91. The van der Waals surface area contributed by atoms with Crippen molar-refractivity contribution in [3.63, 3.8) is 0 Å². The molecular formula is C21H23Cl2N5O. The van der Waals surface area contributed by atoms with Crippen LogP contribution in [0.25, 0.3) is 10.9 Å². The second-order valence-corrected chi connectivity index (χ2v) is 8.08. The lowest BCUT2D eigenvalue weighted by Gasteiger charge is -2.32. The van der Waals surface area contributed by atoms with E-state index in [0.717, 1.165) is 31.5 Å². The summed E-state index contributed by atoms with van der Waals surface area (Å²) >= 11 is 12.9. The Balaban J connectivity index is 1.72. The molecule has 1 fully saturated rings. The first-order valence-electron chi connectivity index (χ1n) is 9.65. The smallest absolute Gasteiger partial charge is 0.222 e. The van der Waals surface area contributed by atoms with Gasteiger partial charge in [0, 0.05) is 16.5 Å². The van der Waals surface area contributed by atoms with E-state index in [1.165, 1.54) is 0 Å². The molecule has 1 saturated heterocycles. The zero-order valence-corrected chi connectivity index (χ0v) is 17.4. The van der Waals surface area contributed by atoms with Crippen LogP contribution in [-0.4, -0.2) is 29.2 Å². The summed E-state index contributed by atoms with van der Waals surface area (Å²) in [5.41, 5.74) is 13.5. The number of ether oxygens (including phenoxy) is 1. The van der Waals surface area contributed by atoms with Crippen LogP contribution in [0.15, 0.2) is 36.4 Å². The standard InChI is InChI=1S/C21H23Cl2N5O/c22-14-3-1-4-15(23)13(14)11-18(12-7-9-26-10-8-12)29-17-6-2-5-16-19(17)20(24)28-21(25)27-16/h1-6,12,18,26H,7-11H2,(H4,24,25,27,28). The molecule has 5 N–H and O–H groups in total. The van der Waals surface area contributed by atoms with E-state index in [4.69, 9.17) is 39.4 Å². The van der Waals surface area contributed by atoms with Gasteiger partial charge in [0.2, 0.25) is 5.95 Å². The molecule has 8 heteroatoms. The molecule has 6 nitrogen and oxygen atoms in total. The summed E-state index contributed by atoms with van der Waals surface area (Å²) in [6, 6.07) is 11.2. The molecule has 0 radical (unpaired) electrons. The fourth-order valence-electron chi connectivity index (χ4n) is 3.91. The van der Waals surface area contributed by atoms with Gasteiger partial charge in [-0.25, -0.2) is 4.98 Å². The molecule has 0 bridgehead atoms. The summed E-state index contributed by atoms with van der Waals surface area (Å²) in [5.74, 6) is 1.45. The Morgan fingerprint density at radius 3 is 2.45 bits per heavy atom. The highest BCUT2D eigenvalue weighted by Gasteiger charge is 2.28. The molecule has 0 amide bonds. The normalized spacial score (nSPS) is 16.1. The SMILES string of the molecule is Nc1nc(N)c2c(OC(Cc3c(Cl)cccc3Cl)C3CCNCC3)cccc2n1. The summed E-state index contributed by atoms with van der Waals surface area (Å²) in [6.07, 6.45) is 2.51. The Kier molecular flexibility index (Phi) is 5.94. The van der Waals surface area contributed by atoms with Gasteiger partial charge in [0.15, 0.2) is 0 Å². The predicted molar refractivity (Wildman–Crippen MR) is 119 cm³/mol. The first-order chi connectivity index (χ1) is 14.0. The van der Waals surface area contributed by atoms with Gasteiger partial charge in [-0.3, -0.25) is 0 Å². The number of fused-ring (bicyclic) bond motifs is 1. The minimum Gasteiger partial charge on any atom is -0.489 e. The minimum absolute atomic E-state index is 0.114. The van der Waals surface area contributed by atoms with Crippen LogP contribution in [0, 0.1) is 5.92 Å². The third-order valence-corrected chi connectivity index (χ3v) is 6.09. The molecule has 1 aromatic heterocycles. The van der Waals surface area contributed by atoms with Crippen molar-refractivity contribution in [2.75, 3.05) is 24.6 Å². The summed E-state index contributed by atoms with van der Waals surface area (Å²) < 4.78 is 6.56. The van der Waals surface area contributed by atoms with Crippen LogP contribution < -0.4 is 21.5 Å². The number of aromatic nitrogens is 2. The number of hydrogen-bond donors (Lipinski definition) is 3. The summed E-state index contributed by atoms with van der Waals surface area (Å²) in [7, 11) is 0. The molecule has 2 aromatic carbocycles. The summed E-state index contributed by atoms with van der Waals surface area (Å²) in [4.78, 5) is 8.39. The largest absolute Gasteiger partial charge is 0.489 e. The third-order valence-electron chi connectivity index (χ3n) is 5.39. The van der Waals surface area contributed by atoms with Gasteiger partial charge < -0.3 is 21.5 Å². The van der Waals surface area contributed by atoms with Gasteiger partial charge in [0.25, 0.3) is 0 Å². The van der Waals surface area contributed by atoms with Crippen LogP contribution in [0.3, 0.4) is 0 Å². The van der Waals surface area contributed by atoms with Crippen LogP contribution in [0.5, 0.6) is 5.75 Å². The van der Waals surface area contributed by atoms with Crippen molar-refractivity contribution in [3.05, 3.63) is 52.0 Å². The maximum Gasteiger partial charge on any atom is 0.222 e. The highest BCUT2D eigenvalue weighted by Crippen LogP contribution is 2.34. The topological polar surface area (TPSA) is 99.1 Å². The third kappa shape index (κ3) is 4.34. The molecule has 0 aliphatic carbocycles. The van der Waals surface area contributed by atoms with Crippen molar-refractivity contribution in [1.29, 1.82) is 0 Å². The van der Waals surface area contributed by atoms with Crippen molar-refractivity contribution >= 4 is 45.9 Å². The van der Waals surface area contributed by atoms with E-state index in [1.54, 1.807) is 0 Å². The van der Waals surface area contributed by atoms with Gasteiger partial charge in [0.05, 0.1) is 10.9 Å². The lowest BCUT2D eigenvalue weighted by atomic mass is 9.88. The quantitative estimate of drug-likeness (QED) is 0.562. The highest BCUT2D eigenvalue weighted by atomic mass is 35.5. The fourth-order valence-corrected chi connectivity index (χ4v) is 4.46. The van der Waals surface area contributed by atoms with Gasteiger partial charge in [-0.1, -0.05) is 35.3 Å². The fraction of sp³-hybridized carbons (Fsp3) is 0.333. The number of nitrogen functional groups attached to an aromatic ring is 2. The van der Waals surface area contributed by atoms with Crippen LogP contribution in [0.4, 0.5) is 11.8 Å². The van der Waals surface area contributed by atoms with E-state index < -0.39 is 0 Å². The zero-order valence-electron chi connectivity index (χ0n) is 15.9. The number of nitrogens with two attached hydrogens (primary N) is 2. The van der Waals surface area contributed by atoms with Gasteiger partial charge in [0.1, 0.15) is 17.7 Å². The maximum absolute atomic E-state index is 6.56. The van der Waals surface area contributed by atoms with E-state index >= 15 is 0 Å². The Labute approximate surface area is 179 Å². The minimum atomic E-state index is -0.114. The Morgan fingerprint density at radius 1 is 1.03 bits per heavy atom. The lowest BCUT2D eigenvalue weighted by Crippen LogP contribution is -2.38. The first kappa shape index (κ1) is 20.0. The van der Waals surface area contributed by atoms with E-state index in [2.05, 4.69) is 15.3 Å². The predicted octanol–water partition coefficient (Wildman–Crippen LogP) is 4.09. The number of hydrogen-bond acceptors (Lipinski definition) is 6. The highest BCUT2D eigenvalue weighted by molar-refractivity contribution is 6.36. The second-order valence-electron chi connectivity index (χ2n) is 7.27. The molecule has 2 heterocycles. The van der Waals surface area contributed by atoms with Gasteiger partial charge in [-0.05, 0) is 61.7 Å². The Hall–Kier alpha value is -2.28. The van der Waals surface area contributed by atoms with Crippen molar-refractivity contribution < 1.29 is 4.74 Å². The Morgan fingerprint density at radius 2 is 1.72 bits per heavy atom. The average molecular weight is 432 g/mol. The van der Waals surface area contributed by atoms with E-state index in [9.17, 15) is 0 Å². The van der Waals surface area contributed by atoms with E-state index in [1.807, 2.05) is 36.4 Å². The number of nitrogens with zero attached hydrogens (tertiary/aromatic N) is 2.